The lowest BCUT2D eigenvalue weighted by atomic mass is 9.95. The van der Waals surface area contributed by atoms with E-state index in [0.717, 1.165) is 17.7 Å². The molecule has 2 heterocycles. The zero-order valence-electron chi connectivity index (χ0n) is 16.9. The molecule has 0 spiro atoms. The molecule has 0 atom stereocenters. The van der Waals surface area contributed by atoms with Crippen LogP contribution in [0.25, 0.3) is 11.3 Å². The zero-order valence-corrected chi connectivity index (χ0v) is 16.9. The fourth-order valence-electron chi connectivity index (χ4n) is 3.65. The molecule has 2 amide bonds. The van der Waals surface area contributed by atoms with Crippen LogP contribution < -0.4 is 5.32 Å². The number of halogens is 3. The maximum absolute atomic E-state index is 12.7. The largest absolute Gasteiger partial charge is 0.444 e. The van der Waals surface area contributed by atoms with Crippen LogP contribution in [0.1, 0.15) is 28.8 Å². The standard InChI is InChI=1S/C23H20F3N3O3/c24-23(25,26)18-5-1-17(2-6-18)22(31)29-11-9-16(10-12-29)21(30)28-19-7-3-15(4-8-19)20-13-27-14-32-20/h1-8,13-14,16H,9-12H2,(H,28,30). The third kappa shape index (κ3) is 4.82. The minimum atomic E-state index is -4.44. The molecule has 1 fully saturated rings. The molecule has 0 aliphatic carbocycles. The van der Waals surface area contributed by atoms with E-state index in [9.17, 15) is 22.8 Å². The summed E-state index contributed by atoms with van der Waals surface area (Å²) in [6.45, 7) is 0.727. The molecule has 0 radical (unpaired) electrons. The molecule has 9 heteroatoms. The first-order valence-corrected chi connectivity index (χ1v) is 10.1. The van der Waals surface area contributed by atoms with Gasteiger partial charge in [-0.25, -0.2) is 4.98 Å². The molecule has 6 nitrogen and oxygen atoms in total. The monoisotopic (exact) mass is 443 g/mol. The van der Waals surface area contributed by atoms with Crippen molar-refractivity contribution in [2.24, 2.45) is 5.92 Å². The van der Waals surface area contributed by atoms with E-state index in [-0.39, 0.29) is 23.3 Å². The predicted octanol–water partition coefficient (Wildman–Crippen LogP) is 4.85. The fourth-order valence-corrected chi connectivity index (χ4v) is 3.65. The first-order chi connectivity index (χ1) is 15.3. The number of benzene rings is 2. The summed E-state index contributed by atoms with van der Waals surface area (Å²) in [7, 11) is 0. The molecule has 0 saturated carbocycles. The van der Waals surface area contributed by atoms with Crippen LogP contribution in [0.2, 0.25) is 0 Å². The van der Waals surface area contributed by atoms with E-state index >= 15 is 0 Å². The van der Waals surface area contributed by atoms with Gasteiger partial charge in [-0.05, 0) is 61.4 Å². The van der Waals surface area contributed by atoms with E-state index in [1.165, 1.54) is 18.5 Å². The number of anilines is 1. The molecule has 2 aromatic carbocycles. The van der Waals surface area contributed by atoms with Crippen LogP contribution in [0.4, 0.5) is 18.9 Å². The number of aromatic nitrogens is 1. The van der Waals surface area contributed by atoms with E-state index in [0.29, 0.717) is 37.4 Å². The summed E-state index contributed by atoms with van der Waals surface area (Å²) < 4.78 is 43.3. The number of nitrogens with zero attached hydrogens (tertiary/aromatic N) is 2. The summed E-state index contributed by atoms with van der Waals surface area (Å²) >= 11 is 0. The van der Waals surface area contributed by atoms with E-state index in [1.54, 1.807) is 23.2 Å². The summed E-state index contributed by atoms with van der Waals surface area (Å²) in [5.74, 6) is -0.0757. The summed E-state index contributed by atoms with van der Waals surface area (Å²) in [6.07, 6.45) is -0.528. The second kappa shape index (κ2) is 8.86. The highest BCUT2D eigenvalue weighted by Crippen LogP contribution is 2.29. The summed E-state index contributed by atoms with van der Waals surface area (Å²) in [5.41, 5.74) is 0.906. The average molecular weight is 443 g/mol. The number of carbonyl (C=O) groups is 2. The third-order valence-electron chi connectivity index (χ3n) is 5.48. The number of likely N-dealkylation sites (tertiary alicyclic amines) is 1. The average Bonchev–Trinajstić information content (AvgIpc) is 3.34. The fraction of sp³-hybridized carbons (Fsp3) is 0.261. The van der Waals surface area contributed by atoms with Gasteiger partial charge in [0, 0.05) is 35.8 Å². The topological polar surface area (TPSA) is 75.4 Å². The van der Waals surface area contributed by atoms with E-state index in [2.05, 4.69) is 10.3 Å². The minimum absolute atomic E-state index is 0.126. The maximum atomic E-state index is 12.7. The van der Waals surface area contributed by atoms with Crippen LogP contribution >= 0.6 is 0 Å². The molecular formula is C23H20F3N3O3. The van der Waals surface area contributed by atoms with Crippen molar-refractivity contribution in [1.29, 1.82) is 0 Å². The number of piperidine rings is 1. The van der Waals surface area contributed by atoms with Crippen LogP contribution in [0, 0.1) is 5.92 Å². The first kappa shape index (κ1) is 21.6. The Morgan fingerprint density at radius 3 is 2.22 bits per heavy atom. The quantitative estimate of drug-likeness (QED) is 0.626. The highest BCUT2D eigenvalue weighted by atomic mass is 19.4. The summed E-state index contributed by atoms with van der Waals surface area (Å²) in [6, 6.07) is 11.4. The SMILES string of the molecule is O=C(Nc1ccc(-c2cnco2)cc1)C1CCN(C(=O)c2ccc(C(F)(F)F)cc2)CC1. The summed E-state index contributed by atoms with van der Waals surface area (Å²) in [4.78, 5) is 30.6. The Labute approximate surface area is 182 Å². The molecule has 0 bridgehead atoms. The minimum Gasteiger partial charge on any atom is -0.444 e. The molecule has 4 rings (SSSR count). The van der Waals surface area contributed by atoms with Gasteiger partial charge in [0.05, 0.1) is 11.8 Å². The van der Waals surface area contributed by atoms with E-state index < -0.39 is 11.7 Å². The molecular weight excluding hydrogens is 423 g/mol. The van der Waals surface area contributed by atoms with Crippen molar-refractivity contribution < 1.29 is 27.2 Å². The van der Waals surface area contributed by atoms with Gasteiger partial charge in [-0.1, -0.05) is 0 Å². The highest BCUT2D eigenvalue weighted by molar-refractivity contribution is 5.95. The van der Waals surface area contributed by atoms with Crippen molar-refractivity contribution in [3.63, 3.8) is 0 Å². The Balaban J connectivity index is 1.30. The zero-order chi connectivity index (χ0) is 22.7. The number of carbonyl (C=O) groups excluding carboxylic acids is 2. The predicted molar refractivity (Wildman–Crippen MR) is 111 cm³/mol. The number of amides is 2. The number of nitrogens with one attached hydrogen (secondary N) is 1. The molecule has 166 valence electrons. The van der Waals surface area contributed by atoms with E-state index in [4.69, 9.17) is 4.42 Å². The Morgan fingerprint density at radius 2 is 1.66 bits per heavy atom. The van der Waals surface area contributed by atoms with Crippen molar-refractivity contribution in [3.8, 4) is 11.3 Å². The lowest BCUT2D eigenvalue weighted by Gasteiger charge is -2.31. The molecule has 32 heavy (non-hydrogen) atoms. The number of oxazole rings is 1. The second-order valence-corrected chi connectivity index (χ2v) is 7.57. The van der Waals surface area contributed by atoms with Gasteiger partial charge in [0.2, 0.25) is 5.91 Å². The molecule has 3 aromatic rings. The van der Waals surface area contributed by atoms with Gasteiger partial charge in [-0.2, -0.15) is 13.2 Å². The number of rotatable bonds is 4. The van der Waals surface area contributed by atoms with Crippen LogP contribution in [0.3, 0.4) is 0 Å². The molecule has 1 aliphatic heterocycles. The maximum Gasteiger partial charge on any atom is 0.416 e. The summed E-state index contributed by atoms with van der Waals surface area (Å²) in [5, 5.41) is 2.89. The molecule has 1 saturated heterocycles. The van der Waals surface area contributed by atoms with Crippen molar-refractivity contribution in [2.45, 2.75) is 19.0 Å². The van der Waals surface area contributed by atoms with Crippen LogP contribution in [0.5, 0.6) is 0 Å². The van der Waals surface area contributed by atoms with E-state index in [1.807, 2.05) is 12.1 Å². The van der Waals surface area contributed by atoms with Gasteiger partial charge in [0.25, 0.3) is 5.91 Å². The number of hydrogen-bond acceptors (Lipinski definition) is 4. The van der Waals surface area contributed by atoms with Crippen LogP contribution in [0.15, 0.2) is 65.5 Å². The second-order valence-electron chi connectivity index (χ2n) is 7.57. The lowest BCUT2D eigenvalue weighted by molar-refractivity contribution is -0.137. The normalized spacial score (nSPS) is 14.9. The number of hydrogen-bond donors (Lipinski definition) is 1. The van der Waals surface area contributed by atoms with Gasteiger partial charge in [0.15, 0.2) is 12.2 Å². The Morgan fingerprint density at radius 1 is 1.00 bits per heavy atom. The highest BCUT2D eigenvalue weighted by Gasteiger charge is 2.31. The van der Waals surface area contributed by atoms with Crippen molar-refractivity contribution in [1.82, 2.24) is 9.88 Å². The first-order valence-electron chi connectivity index (χ1n) is 10.1. The van der Waals surface area contributed by atoms with Crippen LogP contribution in [-0.4, -0.2) is 34.8 Å². The smallest absolute Gasteiger partial charge is 0.416 e. The number of alkyl halides is 3. The van der Waals surface area contributed by atoms with Gasteiger partial charge >= 0.3 is 6.18 Å². The molecule has 1 N–H and O–H groups in total. The Kier molecular flexibility index (Phi) is 5.98. The Hall–Kier alpha value is -3.62. The van der Waals surface area contributed by atoms with Crippen molar-refractivity contribution >= 4 is 17.5 Å². The molecule has 0 unspecified atom stereocenters. The van der Waals surface area contributed by atoms with Gasteiger partial charge in [0.1, 0.15) is 0 Å². The Bertz CT molecular complexity index is 1070. The molecule has 1 aliphatic rings. The van der Waals surface area contributed by atoms with Crippen molar-refractivity contribution in [2.75, 3.05) is 18.4 Å². The van der Waals surface area contributed by atoms with Gasteiger partial charge in [-0.15, -0.1) is 0 Å². The van der Waals surface area contributed by atoms with Crippen LogP contribution in [-0.2, 0) is 11.0 Å². The van der Waals surface area contributed by atoms with Gasteiger partial charge in [-0.3, -0.25) is 9.59 Å². The van der Waals surface area contributed by atoms with Gasteiger partial charge < -0.3 is 14.6 Å². The lowest BCUT2D eigenvalue weighted by Crippen LogP contribution is -2.41. The third-order valence-corrected chi connectivity index (χ3v) is 5.48. The van der Waals surface area contributed by atoms with Crippen molar-refractivity contribution in [3.05, 3.63) is 72.2 Å². The molecule has 1 aromatic heterocycles.